The summed E-state index contributed by atoms with van der Waals surface area (Å²) in [4.78, 5) is 16.9. The minimum Gasteiger partial charge on any atom is -0.367 e. The van der Waals surface area contributed by atoms with E-state index in [0.717, 1.165) is 43.0 Å². The number of pyridine rings is 1. The van der Waals surface area contributed by atoms with Crippen LogP contribution in [0.5, 0.6) is 0 Å². The van der Waals surface area contributed by atoms with E-state index in [4.69, 9.17) is 11.6 Å². The molecule has 26 heavy (non-hydrogen) atoms. The van der Waals surface area contributed by atoms with Gasteiger partial charge in [-0.1, -0.05) is 54.8 Å². The summed E-state index contributed by atoms with van der Waals surface area (Å²) in [5.74, 6) is 0.730. The van der Waals surface area contributed by atoms with Crippen molar-refractivity contribution in [2.45, 2.75) is 43.6 Å². The van der Waals surface area contributed by atoms with Crippen molar-refractivity contribution in [1.82, 2.24) is 4.98 Å². The minimum atomic E-state index is -0.467. The molecule has 1 aliphatic carbocycles. The molecule has 1 unspecified atom stereocenters. The Morgan fingerprint density at radius 3 is 2.73 bits per heavy atom. The van der Waals surface area contributed by atoms with Gasteiger partial charge in [0.2, 0.25) is 0 Å². The Morgan fingerprint density at radius 2 is 2.04 bits per heavy atom. The molecule has 1 N–H and O–H groups in total. The van der Waals surface area contributed by atoms with Gasteiger partial charge in [-0.05, 0) is 36.8 Å². The second kappa shape index (κ2) is 6.81. The monoisotopic (exact) mass is 367 g/mol. The highest BCUT2D eigenvalue weighted by Crippen LogP contribution is 2.45. The maximum atomic E-state index is 12.0. The van der Waals surface area contributed by atoms with Crippen LogP contribution < -0.4 is 10.5 Å². The normalized spacial score (nSPS) is 25.7. The van der Waals surface area contributed by atoms with E-state index in [9.17, 15) is 10.1 Å². The predicted octanol–water partition coefficient (Wildman–Crippen LogP) is 4.26. The van der Waals surface area contributed by atoms with E-state index in [1.54, 1.807) is 6.20 Å². The van der Waals surface area contributed by atoms with Gasteiger partial charge < -0.3 is 9.88 Å². The average molecular weight is 368 g/mol. The third-order valence-corrected chi connectivity index (χ3v) is 6.20. The lowest BCUT2D eigenvalue weighted by Crippen LogP contribution is -2.49. The SMILES string of the molecule is N#CC1(c2ccccc2)CCN(c2cc[nH]c(=O)c2Cl)[C@H](CC2CC2)C1. The second-order valence-electron chi connectivity index (χ2n) is 7.55. The van der Waals surface area contributed by atoms with Gasteiger partial charge in [-0.3, -0.25) is 4.79 Å². The number of aromatic nitrogens is 1. The van der Waals surface area contributed by atoms with Crippen LogP contribution in [0.2, 0.25) is 5.02 Å². The van der Waals surface area contributed by atoms with Crippen molar-refractivity contribution in [2.24, 2.45) is 5.92 Å². The molecule has 0 bridgehead atoms. The van der Waals surface area contributed by atoms with Gasteiger partial charge in [0.25, 0.3) is 5.56 Å². The van der Waals surface area contributed by atoms with E-state index in [0.29, 0.717) is 0 Å². The molecule has 0 spiro atoms. The van der Waals surface area contributed by atoms with E-state index < -0.39 is 5.41 Å². The van der Waals surface area contributed by atoms with Crippen molar-refractivity contribution in [2.75, 3.05) is 11.4 Å². The molecular formula is C21H22ClN3O. The highest BCUT2D eigenvalue weighted by Gasteiger charge is 2.43. The summed E-state index contributed by atoms with van der Waals surface area (Å²) in [5, 5.41) is 10.3. The molecule has 5 heteroatoms. The first-order chi connectivity index (χ1) is 12.6. The summed E-state index contributed by atoms with van der Waals surface area (Å²) < 4.78 is 0. The molecular weight excluding hydrogens is 346 g/mol. The zero-order chi connectivity index (χ0) is 18.1. The first-order valence-corrected chi connectivity index (χ1v) is 9.61. The molecule has 1 saturated carbocycles. The smallest absolute Gasteiger partial charge is 0.268 e. The summed E-state index contributed by atoms with van der Waals surface area (Å²) in [6.45, 7) is 0.725. The molecule has 2 aliphatic rings. The number of rotatable bonds is 4. The molecule has 1 aromatic heterocycles. The van der Waals surface area contributed by atoms with Crippen molar-refractivity contribution in [1.29, 1.82) is 5.26 Å². The molecule has 4 rings (SSSR count). The quantitative estimate of drug-likeness (QED) is 0.878. The van der Waals surface area contributed by atoms with Gasteiger partial charge in [-0.15, -0.1) is 0 Å². The molecule has 2 atom stereocenters. The molecule has 4 nitrogen and oxygen atoms in total. The fourth-order valence-electron chi connectivity index (χ4n) is 4.23. The highest BCUT2D eigenvalue weighted by molar-refractivity contribution is 6.33. The number of aromatic amines is 1. The van der Waals surface area contributed by atoms with Crippen LogP contribution in [0.1, 0.15) is 37.7 Å². The van der Waals surface area contributed by atoms with Gasteiger partial charge in [0.05, 0.1) is 17.2 Å². The molecule has 0 radical (unpaired) electrons. The molecule has 2 aromatic rings. The van der Waals surface area contributed by atoms with E-state index in [1.165, 1.54) is 12.8 Å². The van der Waals surface area contributed by atoms with Crippen LogP contribution in [0, 0.1) is 17.2 Å². The van der Waals surface area contributed by atoms with E-state index in [2.05, 4.69) is 28.1 Å². The molecule has 2 heterocycles. The van der Waals surface area contributed by atoms with Crippen LogP contribution >= 0.6 is 11.6 Å². The van der Waals surface area contributed by atoms with E-state index in [-0.39, 0.29) is 16.6 Å². The van der Waals surface area contributed by atoms with Crippen molar-refractivity contribution in [3.05, 3.63) is 63.5 Å². The van der Waals surface area contributed by atoms with Crippen LogP contribution in [0.4, 0.5) is 5.69 Å². The first-order valence-electron chi connectivity index (χ1n) is 9.23. The van der Waals surface area contributed by atoms with Gasteiger partial charge in [-0.25, -0.2) is 0 Å². The van der Waals surface area contributed by atoms with Crippen LogP contribution in [0.25, 0.3) is 0 Å². The Labute approximate surface area is 158 Å². The second-order valence-corrected chi connectivity index (χ2v) is 7.92. The number of H-pyrrole nitrogens is 1. The average Bonchev–Trinajstić information content (AvgIpc) is 3.49. The largest absolute Gasteiger partial charge is 0.367 e. The fraction of sp³-hybridized carbons (Fsp3) is 0.429. The number of halogens is 1. The summed E-state index contributed by atoms with van der Waals surface area (Å²) in [6.07, 6.45) is 6.74. The number of benzene rings is 1. The Balaban J connectivity index is 1.69. The number of hydrogen-bond donors (Lipinski definition) is 1. The molecule has 1 saturated heterocycles. The summed E-state index contributed by atoms with van der Waals surface area (Å²) in [7, 11) is 0. The number of anilines is 1. The maximum absolute atomic E-state index is 12.0. The van der Waals surface area contributed by atoms with Gasteiger partial charge in [0, 0.05) is 18.8 Å². The number of hydrogen-bond acceptors (Lipinski definition) is 3. The van der Waals surface area contributed by atoms with Crippen LogP contribution in [0.3, 0.4) is 0 Å². The number of piperidine rings is 1. The number of nitrogens with one attached hydrogen (secondary N) is 1. The topological polar surface area (TPSA) is 59.9 Å². The van der Waals surface area contributed by atoms with Gasteiger partial charge in [0.1, 0.15) is 5.02 Å². The third-order valence-electron chi connectivity index (χ3n) is 5.84. The van der Waals surface area contributed by atoms with E-state index in [1.807, 2.05) is 24.3 Å². The fourth-order valence-corrected chi connectivity index (χ4v) is 4.46. The number of nitrogens with zero attached hydrogens (tertiary/aromatic N) is 2. The predicted molar refractivity (Wildman–Crippen MR) is 104 cm³/mol. The zero-order valence-corrected chi connectivity index (χ0v) is 15.4. The molecule has 134 valence electrons. The van der Waals surface area contributed by atoms with Gasteiger partial charge in [0.15, 0.2) is 0 Å². The first kappa shape index (κ1) is 17.2. The third kappa shape index (κ3) is 3.12. The minimum absolute atomic E-state index is 0.218. The summed E-state index contributed by atoms with van der Waals surface area (Å²) in [6, 6.07) is 14.8. The van der Waals surface area contributed by atoms with Gasteiger partial charge >= 0.3 is 0 Å². The van der Waals surface area contributed by atoms with Crippen molar-refractivity contribution < 1.29 is 0 Å². The van der Waals surface area contributed by atoms with Crippen molar-refractivity contribution in [3.63, 3.8) is 0 Å². The van der Waals surface area contributed by atoms with Crippen LogP contribution in [0.15, 0.2) is 47.4 Å². The van der Waals surface area contributed by atoms with E-state index >= 15 is 0 Å². The summed E-state index contributed by atoms with van der Waals surface area (Å²) >= 11 is 6.32. The standard InChI is InChI=1S/C21H22ClN3O/c22-19-18(8-10-24-20(19)26)25-11-9-21(14-23,16-4-2-1-3-5-16)13-17(25)12-15-6-7-15/h1-5,8,10,15,17H,6-7,9,11-13H2,(H,24,26)/t17-,21?/m1/s1. The lowest BCUT2D eigenvalue weighted by molar-refractivity contribution is 0.327. The maximum Gasteiger partial charge on any atom is 0.268 e. The van der Waals surface area contributed by atoms with Crippen molar-refractivity contribution in [3.8, 4) is 6.07 Å². The molecule has 2 fully saturated rings. The molecule has 0 amide bonds. The Hall–Kier alpha value is -2.25. The Morgan fingerprint density at radius 1 is 1.27 bits per heavy atom. The van der Waals surface area contributed by atoms with Gasteiger partial charge in [-0.2, -0.15) is 5.26 Å². The van der Waals surface area contributed by atoms with Crippen molar-refractivity contribution >= 4 is 17.3 Å². The Bertz CT molecular complexity index is 884. The van der Waals surface area contributed by atoms with Crippen LogP contribution in [-0.4, -0.2) is 17.6 Å². The Kier molecular flexibility index (Phi) is 4.50. The highest BCUT2D eigenvalue weighted by atomic mass is 35.5. The lowest BCUT2D eigenvalue weighted by atomic mass is 9.70. The lowest BCUT2D eigenvalue weighted by Gasteiger charge is -2.45. The zero-order valence-electron chi connectivity index (χ0n) is 14.6. The molecule has 1 aromatic carbocycles. The van der Waals surface area contributed by atoms with Crippen LogP contribution in [-0.2, 0) is 5.41 Å². The molecule has 1 aliphatic heterocycles. The summed E-state index contributed by atoms with van der Waals surface area (Å²) in [5.41, 5.74) is 1.17. The number of nitriles is 1.